The van der Waals surface area contributed by atoms with Crippen LogP contribution in [-0.4, -0.2) is 35.8 Å². The lowest BCUT2D eigenvalue weighted by molar-refractivity contribution is -0.140. The van der Waals surface area contributed by atoms with Crippen molar-refractivity contribution in [2.45, 2.75) is 37.1 Å². The molecule has 0 spiro atoms. The third kappa shape index (κ3) is 2.04. The van der Waals surface area contributed by atoms with Gasteiger partial charge in [0.25, 0.3) is 0 Å². The van der Waals surface area contributed by atoms with Gasteiger partial charge in [-0.25, -0.2) is 0 Å². The van der Waals surface area contributed by atoms with E-state index in [1.165, 1.54) is 0 Å². The van der Waals surface area contributed by atoms with Crippen LogP contribution in [0.5, 0.6) is 0 Å². The highest BCUT2D eigenvalue weighted by molar-refractivity contribution is 6.30. The number of carbonyl (C=O) groups excluding carboxylic acids is 2. The first-order valence-electron chi connectivity index (χ1n) is 7.93. The summed E-state index contributed by atoms with van der Waals surface area (Å²) >= 11 is 5.97. The molecule has 4 nitrogen and oxygen atoms in total. The van der Waals surface area contributed by atoms with Gasteiger partial charge in [-0.3, -0.25) is 9.59 Å². The van der Waals surface area contributed by atoms with Gasteiger partial charge in [0.1, 0.15) is 0 Å². The molecule has 0 unspecified atom stereocenters. The number of hydrogen-bond donors (Lipinski definition) is 1. The number of hydrogen-bond acceptors (Lipinski definition) is 2. The zero-order chi connectivity index (χ0) is 15.3. The summed E-state index contributed by atoms with van der Waals surface area (Å²) in [6.07, 6.45) is 3.46. The van der Waals surface area contributed by atoms with E-state index >= 15 is 0 Å². The largest absolute Gasteiger partial charge is 0.351 e. The molecule has 2 saturated heterocycles. The lowest BCUT2D eigenvalue weighted by atomic mass is 9.63. The molecule has 1 N–H and O–H groups in total. The zero-order valence-corrected chi connectivity index (χ0v) is 13.1. The van der Waals surface area contributed by atoms with Crippen molar-refractivity contribution in [2.24, 2.45) is 5.92 Å². The molecule has 1 aromatic carbocycles. The molecule has 2 amide bonds. The highest BCUT2D eigenvalue weighted by atomic mass is 35.5. The van der Waals surface area contributed by atoms with Crippen molar-refractivity contribution in [3.63, 3.8) is 0 Å². The smallest absolute Gasteiger partial charge is 0.233 e. The van der Waals surface area contributed by atoms with E-state index in [1.54, 1.807) is 0 Å². The number of benzene rings is 1. The normalized spacial score (nSPS) is 29.0. The van der Waals surface area contributed by atoms with Crippen LogP contribution >= 0.6 is 11.6 Å². The van der Waals surface area contributed by atoms with Crippen molar-refractivity contribution >= 4 is 23.4 Å². The lowest BCUT2D eigenvalue weighted by Crippen LogP contribution is -2.51. The monoisotopic (exact) mass is 318 g/mol. The molecule has 1 saturated carbocycles. The quantitative estimate of drug-likeness (QED) is 0.908. The molecular formula is C17H19ClN2O2. The molecular weight excluding hydrogens is 300 g/mol. The van der Waals surface area contributed by atoms with Gasteiger partial charge in [0.05, 0.1) is 11.5 Å². The van der Waals surface area contributed by atoms with E-state index in [0.29, 0.717) is 30.5 Å². The number of rotatable bonds is 2. The molecule has 0 aromatic heterocycles. The third-order valence-corrected chi connectivity index (χ3v) is 5.79. The Morgan fingerprint density at radius 1 is 1.23 bits per heavy atom. The maximum atomic E-state index is 13.1. The fourth-order valence-electron chi connectivity index (χ4n) is 4.14. The van der Waals surface area contributed by atoms with Gasteiger partial charge in [0.15, 0.2) is 0 Å². The van der Waals surface area contributed by atoms with E-state index in [4.69, 9.17) is 11.6 Å². The van der Waals surface area contributed by atoms with Gasteiger partial charge in [-0.05, 0) is 30.5 Å². The maximum absolute atomic E-state index is 13.1. The molecule has 0 bridgehead atoms. The zero-order valence-electron chi connectivity index (χ0n) is 12.3. The average molecular weight is 319 g/mol. The minimum absolute atomic E-state index is 0.123. The number of likely N-dealkylation sites (tertiary alicyclic amines) is 1. The van der Waals surface area contributed by atoms with Crippen molar-refractivity contribution in [2.75, 3.05) is 13.1 Å². The number of fused-ring (bicyclic) bond motifs is 1. The molecule has 22 heavy (non-hydrogen) atoms. The Balaban J connectivity index is 1.56. The first kappa shape index (κ1) is 14.1. The summed E-state index contributed by atoms with van der Waals surface area (Å²) in [5, 5.41) is 3.68. The molecule has 3 aliphatic rings. The van der Waals surface area contributed by atoms with E-state index in [2.05, 4.69) is 5.32 Å². The molecule has 2 atom stereocenters. The van der Waals surface area contributed by atoms with Crippen LogP contribution in [0.25, 0.3) is 0 Å². The van der Waals surface area contributed by atoms with Crippen LogP contribution in [0.3, 0.4) is 0 Å². The topological polar surface area (TPSA) is 49.4 Å². The van der Waals surface area contributed by atoms with Crippen LogP contribution in [0.2, 0.25) is 5.02 Å². The summed E-state index contributed by atoms with van der Waals surface area (Å²) in [6, 6.07) is 7.85. The van der Waals surface area contributed by atoms with Crippen LogP contribution in [0.4, 0.5) is 0 Å². The van der Waals surface area contributed by atoms with E-state index in [1.807, 2.05) is 29.2 Å². The van der Waals surface area contributed by atoms with Crippen molar-refractivity contribution in [1.29, 1.82) is 0 Å². The Bertz CT molecular complexity index is 608. The minimum atomic E-state index is -0.368. The second kappa shape index (κ2) is 4.98. The average Bonchev–Trinajstić information content (AvgIpc) is 2.96. The summed E-state index contributed by atoms with van der Waals surface area (Å²) in [4.78, 5) is 26.5. The third-order valence-electron chi connectivity index (χ3n) is 5.54. The van der Waals surface area contributed by atoms with Crippen molar-refractivity contribution in [1.82, 2.24) is 10.2 Å². The Labute approximate surface area is 134 Å². The van der Waals surface area contributed by atoms with Crippen LogP contribution in [0.15, 0.2) is 24.3 Å². The van der Waals surface area contributed by atoms with E-state index < -0.39 is 0 Å². The molecule has 4 rings (SSSR count). The molecule has 2 heterocycles. The number of nitrogens with zero attached hydrogens (tertiary/aromatic N) is 1. The Hall–Kier alpha value is -1.55. The van der Waals surface area contributed by atoms with Gasteiger partial charge in [-0.2, -0.15) is 0 Å². The number of halogens is 1. The van der Waals surface area contributed by atoms with E-state index in [9.17, 15) is 9.59 Å². The molecule has 3 fully saturated rings. The van der Waals surface area contributed by atoms with Gasteiger partial charge >= 0.3 is 0 Å². The van der Waals surface area contributed by atoms with Crippen LogP contribution < -0.4 is 5.32 Å². The van der Waals surface area contributed by atoms with Crippen LogP contribution in [0, 0.1) is 5.92 Å². The fourth-order valence-corrected chi connectivity index (χ4v) is 4.27. The Morgan fingerprint density at radius 2 is 1.95 bits per heavy atom. The summed E-state index contributed by atoms with van der Waals surface area (Å²) in [5.74, 6) is 0.640. The summed E-state index contributed by atoms with van der Waals surface area (Å²) < 4.78 is 0. The van der Waals surface area contributed by atoms with Crippen molar-refractivity contribution < 1.29 is 9.59 Å². The SMILES string of the molecule is O=C1C[C@H]2CN(C(=O)C3(c4ccc(Cl)cc4)CCC3)C[C@H]2N1. The second-order valence-corrected chi connectivity index (χ2v) is 7.23. The second-order valence-electron chi connectivity index (χ2n) is 6.79. The van der Waals surface area contributed by atoms with Crippen molar-refractivity contribution in [3.05, 3.63) is 34.9 Å². The first-order chi connectivity index (χ1) is 10.6. The number of carbonyl (C=O) groups is 2. The van der Waals surface area contributed by atoms with Gasteiger partial charge in [0, 0.05) is 30.5 Å². The predicted octanol–water partition coefficient (Wildman–Crippen LogP) is 2.11. The standard InChI is InChI=1S/C17H19ClN2O2/c18-13-4-2-12(3-5-13)17(6-1-7-17)16(22)20-9-11-8-15(21)19-14(11)10-20/h2-5,11,14H,1,6-10H2,(H,19,21)/t11-,14+/m0/s1. The van der Waals surface area contributed by atoms with E-state index in [-0.39, 0.29) is 23.3 Å². The number of amides is 2. The molecule has 5 heteroatoms. The fraction of sp³-hybridized carbons (Fsp3) is 0.529. The first-order valence-corrected chi connectivity index (χ1v) is 8.31. The van der Waals surface area contributed by atoms with Gasteiger partial charge in [-0.15, -0.1) is 0 Å². The Kier molecular flexibility index (Phi) is 3.19. The van der Waals surface area contributed by atoms with Gasteiger partial charge < -0.3 is 10.2 Å². The summed E-state index contributed by atoms with van der Waals surface area (Å²) in [6.45, 7) is 1.36. The van der Waals surface area contributed by atoms with Crippen molar-refractivity contribution in [3.8, 4) is 0 Å². The lowest BCUT2D eigenvalue weighted by Gasteiger charge is -2.43. The minimum Gasteiger partial charge on any atom is -0.351 e. The summed E-state index contributed by atoms with van der Waals surface area (Å²) in [5.41, 5.74) is 0.710. The maximum Gasteiger partial charge on any atom is 0.233 e. The molecule has 1 aliphatic carbocycles. The summed E-state index contributed by atoms with van der Waals surface area (Å²) in [7, 11) is 0. The molecule has 0 radical (unpaired) electrons. The van der Waals surface area contributed by atoms with Gasteiger partial charge in [-0.1, -0.05) is 30.2 Å². The molecule has 2 aliphatic heterocycles. The highest BCUT2D eigenvalue weighted by Crippen LogP contribution is 2.46. The molecule has 1 aromatic rings. The Morgan fingerprint density at radius 3 is 2.55 bits per heavy atom. The highest BCUT2D eigenvalue weighted by Gasteiger charge is 2.51. The predicted molar refractivity (Wildman–Crippen MR) is 83.6 cm³/mol. The van der Waals surface area contributed by atoms with Gasteiger partial charge in [0.2, 0.25) is 11.8 Å². The van der Waals surface area contributed by atoms with Crippen LogP contribution in [-0.2, 0) is 15.0 Å². The molecule has 116 valence electrons. The van der Waals surface area contributed by atoms with E-state index in [0.717, 1.165) is 24.8 Å². The number of nitrogens with one attached hydrogen (secondary N) is 1. The van der Waals surface area contributed by atoms with Crippen LogP contribution in [0.1, 0.15) is 31.2 Å².